The zero-order chi connectivity index (χ0) is 14.1. The number of rotatable bonds is 2. The summed E-state index contributed by atoms with van der Waals surface area (Å²) < 4.78 is 27.3. The van der Waals surface area contributed by atoms with Crippen LogP contribution in [0, 0.1) is 11.6 Å². The van der Waals surface area contributed by atoms with Crippen molar-refractivity contribution in [2.24, 2.45) is 0 Å². The van der Waals surface area contributed by atoms with Gasteiger partial charge in [-0.05, 0) is 30.7 Å². The third kappa shape index (κ3) is 2.34. The highest BCUT2D eigenvalue weighted by molar-refractivity contribution is 5.39. The van der Waals surface area contributed by atoms with Gasteiger partial charge in [-0.25, -0.2) is 18.7 Å². The second-order valence-electron chi connectivity index (χ2n) is 4.77. The van der Waals surface area contributed by atoms with Crippen LogP contribution >= 0.6 is 0 Å². The van der Waals surface area contributed by atoms with Crippen molar-refractivity contribution in [1.82, 2.24) is 9.97 Å². The molecule has 0 amide bonds. The minimum Gasteiger partial charge on any atom is -0.391 e. The van der Waals surface area contributed by atoms with Crippen LogP contribution in [0.25, 0.3) is 0 Å². The number of anilines is 1. The van der Waals surface area contributed by atoms with Gasteiger partial charge in [-0.2, -0.15) is 0 Å². The van der Waals surface area contributed by atoms with Gasteiger partial charge in [0.15, 0.2) is 0 Å². The molecule has 2 atom stereocenters. The van der Waals surface area contributed by atoms with Crippen molar-refractivity contribution in [2.45, 2.75) is 18.6 Å². The molecule has 0 saturated carbocycles. The van der Waals surface area contributed by atoms with Crippen LogP contribution in [0.15, 0.2) is 36.7 Å². The van der Waals surface area contributed by atoms with Crippen LogP contribution < -0.4 is 4.90 Å². The average Bonchev–Trinajstić information content (AvgIpc) is 2.84. The second kappa shape index (κ2) is 5.13. The number of nitrogens with zero attached hydrogens (tertiary/aromatic N) is 3. The van der Waals surface area contributed by atoms with Crippen molar-refractivity contribution in [2.75, 3.05) is 11.4 Å². The first-order valence-electron chi connectivity index (χ1n) is 6.32. The van der Waals surface area contributed by atoms with Crippen LogP contribution in [0.1, 0.15) is 18.0 Å². The summed E-state index contributed by atoms with van der Waals surface area (Å²) in [5.74, 6) is -0.596. The Morgan fingerprint density at radius 3 is 2.70 bits per heavy atom. The van der Waals surface area contributed by atoms with Crippen molar-refractivity contribution in [3.63, 3.8) is 0 Å². The molecule has 1 aromatic carbocycles. The average molecular weight is 277 g/mol. The molecule has 104 valence electrons. The molecule has 2 heterocycles. The predicted molar refractivity (Wildman–Crippen MR) is 69.1 cm³/mol. The first-order valence-corrected chi connectivity index (χ1v) is 6.32. The molecular weight excluding hydrogens is 264 g/mol. The molecule has 2 aromatic rings. The fraction of sp³-hybridized carbons (Fsp3) is 0.286. The molecule has 0 spiro atoms. The van der Waals surface area contributed by atoms with Crippen LogP contribution in [0.2, 0.25) is 0 Å². The summed E-state index contributed by atoms with van der Waals surface area (Å²) in [5, 5.41) is 9.84. The predicted octanol–water partition coefficient (Wildman–Crippen LogP) is 2.07. The highest BCUT2D eigenvalue weighted by atomic mass is 19.1. The third-order valence-electron chi connectivity index (χ3n) is 3.41. The lowest BCUT2D eigenvalue weighted by molar-refractivity contribution is 0.194. The summed E-state index contributed by atoms with van der Waals surface area (Å²) in [6, 6.07) is 4.54. The Bertz CT molecular complexity index is 609. The van der Waals surface area contributed by atoms with E-state index in [-0.39, 0.29) is 5.56 Å². The van der Waals surface area contributed by atoms with Crippen molar-refractivity contribution in [1.29, 1.82) is 0 Å². The van der Waals surface area contributed by atoms with E-state index in [9.17, 15) is 13.9 Å². The minimum absolute atomic E-state index is 0.217. The Morgan fingerprint density at radius 1 is 1.20 bits per heavy atom. The van der Waals surface area contributed by atoms with E-state index in [2.05, 4.69) is 9.97 Å². The smallest absolute Gasteiger partial charge is 0.225 e. The molecule has 1 aliphatic rings. The maximum atomic E-state index is 13.9. The van der Waals surface area contributed by atoms with Crippen LogP contribution in [0.3, 0.4) is 0 Å². The Labute approximate surface area is 114 Å². The van der Waals surface area contributed by atoms with Gasteiger partial charge >= 0.3 is 0 Å². The summed E-state index contributed by atoms with van der Waals surface area (Å²) in [6.45, 7) is 0.296. The number of aromatic nitrogens is 2. The first-order chi connectivity index (χ1) is 9.65. The van der Waals surface area contributed by atoms with Crippen molar-refractivity contribution in [3.05, 3.63) is 53.9 Å². The summed E-state index contributed by atoms with van der Waals surface area (Å²) >= 11 is 0. The van der Waals surface area contributed by atoms with E-state index in [1.54, 1.807) is 23.4 Å². The lowest BCUT2D eigenvalue weighted by Crippen LogP contribution is -2.26. The molecule has 1 N–H and O–H groups in total. The molecular formula is C14H13F2N3O. The number of aliphatic hydroxyl groups is 1. The summed E-state index contributed by atoms with van der Waals surface area (Å²) in [7, 11) is 0. The lowest BCUT2D eigenvalue weighted by Gasteiger charge is -2.24. The van der Waals surface area contributed by atoms with Gasteiger partial charge in [-0.3, -0.25) is 0 Å². The van der Waals surface area contributed by atoms with Gasteiger partial charge in [0, 0.05) is 24.5 Å². The Hall–Kier alpha value is -2.08. The molecule has 4 nitrogen and oxygen atoms in total. The summed E-state index contributed by atoms with van der Waals surface area (Å²) in [5.41, 5.74) is 0.217. The summed E-state index contributed by atoms with van der Waals surface area (Å²) in [4.78, 5) is 9.92. The zero-order valence-electron chi connectivity index (χ0n) is 10.6. The zero-order valence-corrected chi connectivity index (χ0v) is 10.6. The van der Waals surface area contributed by atoms with Gasteiger partial charge in [0.1, 0.15) is 11.6 Å². The standard InChI is InChI=1S/C14H13F2N3O/c15-9-2-3-12(16)11(6-9)13-7-10(20)8-19(13)14-17-4-1-5-18-14/h1-6,10,13,20H,7-8H2/t10-,13+/m1/s1. The number of halogens is 2. The van der Waals surface area contributed by atoms with Gasteiger partial charge in [0.05, 0.1) is 12.1 Å². The molecule has 0 unspecified atom stereocenters. The molecule has 1 aromatic heterocycles. The van der Waals surface area contributed by atoms with Crippen LogP contribution in [0.5, 0.6) is 0 Å². The van der Waals surface area contributed by atoms with Crippen molar-refractivity contribution >= 4 is 5.95 Å². The first kappa shape index (κ1) is 12.9. The maximum absolute atomic E-state index is 13.9. The lowest BCUT2D eigenvalue weighted by atomic mass is 10.0. The summed E-state index contributed by atoms with van der Waals surface area (Å²) in [6.07, 6.45) is 2.85. The second-order valence-corrected chi connectivity index (χ2v) is 4.77. The normalized spacial score (nSPS) is 22.2. The van der Waals surface area contributed by atoms with E-state index >= 15 is 0 Å². The van der Waals surface area contributed by atoms with E-state index in [0.29, 0.717) is 18.9 Å². The Balaban J connectivity index is 2.00. The number of benzene rings is 1. The topological polar surface area (TPSA) is 49.2 Å². The molecule has 6 heteroatoms. The van der Waals surface area contributed by atoms with Gasteiger partial charge in [0.2, 0.25) is 5.95 Å². The van der Waals surface area contributed by atoms with E-state index in [0.717, 1.165) is 18.2 Å². The van der Waals surface area contributed by atoms with Gasteiger partial charge in [-0.1, -0.05) is 0 Å². The molecule has 1 aliphatic heterocycles. The number of β-amino-alcohol motifs (C(OH)–C–C–N with tert-alkyl or cyclic N) is 1. The molecule has 0 aliphatic carbocycles. The van der Waals surface area contributed by atoms with Crippen LogP contribution in [-0.2, 0) is 0 Å². The largest absolute Gasteiger partial charge is 0.391 e. The molecule has 0 radical (unpaired) electrons. The van der Waals surface area contributed by atoms with Crippen LogP contribution in [0.4, 0.5) is 14.7 Å². The van der Waals surface area contributed by atoms with Crippen molar-refractivity contribution < 1.29 is 13.9 Å². The van der Waals surface area contributed by atoms with Gasteiger partial charge < -0.3 is 10.0 Å². The highest BCUT2D eigenvalue weighted by Crippen LogP contribution is 2.35. The number of aliphatic hydroxyl groups excluding tert-OH is 1. The fourth-order valence-electron chi connectivity index (χ4n) is 2.54. The van der Waals surface area contributed by atoms with Gasteiger partial charge in [-0.15, -0.1) is 0 Å². The molecule has 20 heavy (non-hydrogen) atoms. The van der Waals surface area contributed by atoms with E-state index in [1.165, 1.54) is 0 Å². The monoisotopic (exact) mass is 277 g/mol. The Kier molecular flexibility index (Phi) is 3.31. The molecule has 1 fully saturated rings. The maximum Gasteiger partial charge on any atom is 0.225 e. The fourth-order valence-corrected chi connectivity index (χ4v) is 2.54. The van der Waals surface area contributed by atoms with Gasteiger partial charge in [0.25, 0.3) is 0 Å². The van der Waals surface area contributed by atoms with Crippen molar-refractivity contribution in [3.8, 4) is 0 Å². The van der Waals surface area contributed by atoms with E-state index in [4.69, 9.17) is 0 Å². The minimum atomic E-state index is -0.619. The van der Waals surface area contributed by atoms with E-state index in [1.807, 2.05) is 0 Å². The quantitative estimate of drug-likeness (QED) is 0.913. The SMILES string of the molecule is O[C@@H]1C[C@@H](c2cc(F)ccc2F)N(c2ncccn2)C1. The van der Waals surface area contributed by atoms with Crippen LogP contribution in [-0.4, -0.2) is 27.7 Å². The molecule has 0 bridgehead atoms. The number of hydrogen-bond donors (Lipinski definition) is 1. The molecule has 1 saturated heterocycles. The van der Waals surface area contributed by atoms with E-state index < -0.39 is 23.8 Å². The Morgan fingerprint density at radius 2 is 1.95 bits per heavy atom. The highest BCUT2D eigenvalue weighted by Gasteiger charge is 2.35. The third-order valence-corrected chi connectivity index (χ3v) is 3.41. The number of hydrogen-bond acceptors (Lipinski definition) is 4. The molecule has 3 rings (SSSR count).